The van der Waals surface area contributed by atoms with Crippen molar-refractivity contribution in [2.45, 2.75) is 64.1 Å². The minimum absolute atomic E-state index is 0.0148. The Morgan fingerprint density at radius 1 is 1.16 bits per heavy atom. The van der Waals surface area contributed by atoms with Gasteiger partial charge < -0.3 is 15.0 Å². The van der Waals surface area contributed by atoms with E-state index in [0.29, 0.717) is 29.6 Å². The lowest BCUT2D eigenvalue weighted by molar-refractivity contribution is 0.0968. The lowest BCUT2D eigenvalue weighted by Gasteiger charge is -2.30. The topological polar surface area (TPSA) is 78.8 Å². The van der Waals surface area contributed by atoms with Gasteiger partial charge in [0.2, 0.25) is 5.95 Å². The lowest BCUT2D eigenvalue weighted by atomic mass is 9.83. The molecule has 3 aromatic rings. The summed E-state index contributed by atoms with van der Waals surface area (Å²) in [7, 11) is 0. The Labute approximate surface area is 191 Å². The molecule has 6 nitrogen and oxygen atoms in total. The number of rotatable bonds is 3. The molecule has 9 heteroatoms. The molecule has 0 spiro atoms. The molecule has 172 valence electrons. The Morgan fingerprint density at radius 3 is 2.44 bits per heavy atom. The van der Waals surface area contributed by atoms with E-state index in [1.54, 1.807) is 6.07 Å². The van der Waals surface area contributed by atoms with Crippen LogP contribution in [0.25, 0.3) is 22.3 Å². The van der Waals surface area contributed by atoms with Gasteiger partial charge in [0.05, 0.1) is 22.4 Å². The molecule has 0 amide bonds. The van der Waals surface area contributed by atoms with Gasteiger partial charge in [0, 0.05) is 30.7 Å². The van der Waals surface area contributed by atoms with E-state index in [-0.39, 0.29) is 28.4 Å². The minimum atomic E-state index is -0.802. The van der Waals surface area contributed by atoms with Crippen molar-refractivity contribution in [3.05, 3.63) is 35.0 Å². The van der Waals surface area contributed by atoms with Crippen molar-refractivity contribution in [3.63, 3.8) is 0 Å². The van der Waals surface area contributed by atoms with Gasteiger partial charge in [-0.1, -0.05) is 11.6 Å². The molecule has 1 aromatic carbocycles. The Morgan fingerprint density at radius 2 is 1.88 bits per heavy atom. The second-order valence-electron chi connectivity index (χ2n) is 8.62. The monoisotopic (exact) mass is 463 g/mol. The van der Waals surface area contributed by atoms with Gasteiger partial charge in [0.15, 0.2) is 5.82 Å². The summed E-state index contributed by atoms with van der Waals surface area (Å²) < 4.78 is 35.2. The number of nitrogens with zero attached hydrogens (tertiary/aromatic N) is 4. The van der Waals surface area contributed by atoms with Crippen LogP contribution in [-0.4, -0.2) is 38.9 Å². The average Bonchev–Trinajstić information content (AvgIpc) is 3.14. The van der Waals surface area contributed by atoms with Crippen LogP contribution in [0.15, 0.2) is 18.3 Å². The fourth-order valence-electron chi connectivity index (χ4n) is 4.17. The number of ether oxygens (including phenoxy) is 1. The van der Waals surface area contributed by atoms with Gasteiger partial charge in [0.25, 0.3) is 0 Å². The number of anilines is 1. The van der Waals surface area contributed by atoms with Crippen LogP contribution in [0.5, 0.6) is 0 Å². The van der Waals surface area contributed by atoms with Gasteiger partial charge >= 0.3 is 0 Å². The summed E-state index contributed by atoms with van der Waals surface area (Å²) in [5, 5.41) is 0.285. The number of imidazole rings is 1. The fraction of sp³-hybridized carbons (Fsp3) is 0.522. The largest absolute Gasteiger partial charge is 0.381 e. The normalized spacial score (nSPS) is 20.7. The van der Waals surface area contributed by atoms with Crippen molar-refractivity contribution >= 4 is 28.6 Å². The molecule has 0 unspecified atom stereocenters. The minimum Gasteiger partial charge on any atom is -0.381 e. The number of aromatic nitrogens is 4. The molecule has 2 aliphatic rings. The molecule has 2 aromatic heterocycles. The van der Waals surface area contributed by atoms with E-state index in [0.717, 1.165) is 19.0 Å². The van der Waals surface area contributed by atoms with Crippen LogP contribution in [0.3, 0.4) is 0 Å². The number of hydrogen-bond acceptors (Lipinski definition) is 5. The first-order valence-electron chi connectivity index (χ1n) is 11.1. The number of benzene rings is 1. The molecule has 1 saturated heterocycles. The smallest absolute Gasteiger partial charge is 0.220 e. The average molecular weight is 464 g/mol. The number of nitrogen functional groups attached to an aromatic ring is 1. The van der Waals surface area contributed by atoms with Crippen LogP contribution < -0.4 is 5.73 Å². The van der Waals surface area contributed by atoms with Crippen molar-refractivity contribution in [2.75, 3.05) is 18.9 Å². The predicted molar refractivity (Wildman–Crippen MR) is 122 cm³/mol. The standard InChI is InChI=1S/C18H18ClF2N5.C5H10O/c1-8(2)26-14-6-9(15-12(19)7-23-18(22)25-15)5-13(21)16(14)24-17(26)10-3-11(20)4-10;1-2-4-6-5-3-1/h5-8,10-11H,3-4H2,1-2H3,(H2,22,23,25);1-5H2. The van der Waals surface area contributed by atoms with Crippen molar-refractivity contribution in [2.24, 2.45) is 0 Å². The summed E-state index contributed by atoms with van der Waals surface area (Å²) >= 11 is 6.17. The second-order valence-corrected chi connectivity index (χ2v) is 9.03. The van der Waals surface area contributed by atoms with E-state index < -0.39 is 12.0 Å². The van der Waals surface area contributed by atoms with Gasteiger partial charge in [0.1, 0.15) is 17.5 Å². The van der Waals surface area contributed by atoms with Gasteiger partial charge in [-0.15, -0.1) is 0 Å². The summed E-state index contributed by atoms with van der Waals surface area (Å²) in [5.74, 6) is 0.336. The van der Waals surface area contributed by atoms with E-state index in [2.05, 4.69) is 15.0 Å². The second kappa shape index (κ2) is 9.67. The summed E-state index contributed by atoms with van der Waals surface area (Å²) in [6.45, 7) is 5.99. The van der Waals surface area contributed by atoms with Crippen molar-refractivity contribution in [3.8, 4) is 11.3 Å². The summed E-state index contributed by atoms with van der Waals surface area (Å²) in [6.07, 6.45) is 5.38. The Kier molecular flexibility index (Phi) is 6.90. The number of alkyl halides is 1. The first kappa shape index (κ1) is 22.9. The first-order chi connectivity index (χ1) is 15.3. The zero-order valence-corrected chi connectivity index (χ0v) is 19.1. The van der Waals surface area contributed by atoms with E-state index >= 15 is 0 Å². The molecule has 32 heavy (non-hydrogen) atoms. The molecule has 0 atom stereocenters. The Hall–Kier alpha value is -2.32. The highest BCUT2D eigenvalue weighted by Gasteiger charge is 2.35. The maximum atomic E-state index is 14.8. The van der Waals surface area contributed by atoms with Crippen LogP contribution in [0.1, 0.15) is 63.7 Å². The SMILES string of the molecule is C1CCOCC1.CC(C)n1c(C2CC(F)C2)nc2c(F)cc(-c3nc(N)ncc3Cl)cc21. The third-order valence-corrected chi connectivity index (χ3v) is 6.13. The van der Waals surface area contributed by atoms with Gasteiger partial charge in [-0.25, -0.2) is 23.7 Å². The summed E-state index contributed by atoms with van der Waals surface area (Å²) in [4.78, 5) is 12.5. The van der Waals surface area contributed by atoms with Crippen molar-refractivity contribution < 1.29 is 13.5 Å². The fourth-order valence-corrected chi connectivity index (χ4v) is 4.37. The highest BCUT2D eigenvalue weighted by Crippen LogP contribution is 2.41. The number of nitrogens with two attached hydrogens (primary N) is 1. The number of fused-ring (bicyclic) bond motifs is 1. The van der Waals surface area contributed by atoms with E-state index in [1.165, 1.54) is 31.5 Å². The maximum absolute atomic E-state index is 14.8. The first-order valence-corrected chi connectivity index (χ1v) is 11.4. The maximum Gasteiger partial charge on any atom is 0.220 e. The Bertz CT molecular complexity index is 1080. The van der Waals surface area contributed by atoms with Gasteiger partial charge in [-0.05, 0) is 58.1 Å². The molecule has 5 rings (SSSR count). The van der Waals surface area contributed by atoms with Gasteiger partial charge in [-0.2, -0.15) is 0 Å². The lowest BCUT2D eigenvalue weighted by Crippen LogP contribution is -2.26. The van der Waals surface area contributed by atoms with Crippen LogP contribution in [0.2, 0.25) is 5.02 Å². The molecule has 0 radical (unpaired) electrons. The van der Waals surface area contributed by atoms with Crippen molar-refractivity contribution in [1.29, 1.82) is 0 Å². The summed E-state index contributed by atoms with van der Waals surface area (Å²) in [5.41, 5.74) is 7.43. The highest BCUT2D eigenvalue weighted by molar-refractivity contribution is 6.33. The summed E-state index contributed by atoms with van der Waals surface area (Å²) in [6, 6.07) is 3.19. The van der Waals surface area contributed by atoms with E-state index in [4.69, 9.17) is 22.1 Å². The molecular formula is C23H28ClF2N5O. The van der Waals surface area contributed by atoms with Crippen LogP contribution in [0, 0.1) is 5.82 Å². The van der Waals surface area contributed by atoms with Crippen molar-refractivity contribution in [1.82, 2.24) is 19.5 Å². The molecule has 2 fully saturated rings. The zero-order chi connectivity index (χ0) is 22.8. The third kappa shape index (κ3) is 4.71. The third-order valence-electron chi connectivity index (χ3n) is 5.85. The van der Waals surface area contributed by atoms with Crippen LogP contribution in [0.4, 0.5) is 14.7 Å². The zero-order valence-electron chi connectivity index (χ0n) is 18.3. The molecule has 1 saturated carbocycles. The predicted octanol–water partition coefficient (Wildman–Crippen LogP) is 5.85. The van der Waals surface area contributed by atoms with Gasteiger partial charge in [-0.3, -0.25) is 0 Å². The number of hydrogen-bond donors (Lipinski definition) is 1. The Balaban J connectivity index is 0.000000354. The molecular weight excluding hydrogens is 436 g/mol. The molecule has 2 N–H and O–H groups in total. The molecule has 1 aliphatic heterocycles. The van der Waals surface area contributed by atoms with E-state index in [1.807, 2.05) is 18.4 Å². The number of halogens is 3. The van der Waals surface area contributed by atoms with Crippen LogP contribution in [-0.2, 0) is 4.74 Å². The van der Waals surface area contributed by atoms with E-state index in [9.17, 15) is 8.78 Å². The molecule has 1 aliphatic carbocycles. The molecule has 3 heterocycles. The molecule has 0 bridgehead atoms. The highest BCUT2D eigenvalue weighted by atomic mass is 35.5. The van der Waals surface area contributed by atoms with Crippen LogP contribution >= 0.6 is 11.6 Å². The quantitative estimate of drug-likeness (QED) is 0.527.